The highest BCUT2D eigenvalue weighted by Gasteiger charge is 2.27. The molecule has 0 aromatic carbocycles. The molecule has 0 radical (unpaired) electrons. The van der Waals surface area contributed by atoms with Gasteiger partial charge in [-0.3, -0.25) is 9.78 Å². The van der Waals surface area contributed by atoms with E-state index in [2.05, 4.69) is 10.3 Å². The molecule has 1 aliphatic rings. The lowest BCUT2D eigenvalue weighted by Crippen LogP contribution is -2.48. The van der Waals surface area contributed by atoms with Crippen molar-refractivity contribution < 1.29 is 9.53 Å². The average Bonchev–Trinajstić information content (AvgIpc) is 2.45. The highest BCUT2D eigenvalue weighted by Crippen LogP contribution is 2.21. The number of amides is 1. The number of ether oxygens (including phenoxy) is 1. The highest BCUT2D eigenvalue weighted by atomic mass is 16.5. The van der Waals surface area contributed by atoms with Gasteiger partial charge in [0, 0.05) is 39.1 Å². The summed E-state index contributed by atoms with van der Waals surface area (Å²) in [5, 5.41) is 3.32. The molecule has 1 amide bonds. The van der Waals surface area contributed by atoms with Crippen LogP contribution in [0.5, 0.6) is 0 Å². The lowest BCUT2D eigenvalue weighted by atomic mass is 10.0. The van der Waals surface area contributed by atoms with Crippen molar-refractivity contribution >= 4 is 5.91 Å². The van der Waals surface area contributed by atoms with E-state index >= 15 is 0 Å². The van der Waals surface area contributed by atoms with Crippen molar-refractivity contribution in [3.8, 4) is 0 Å². The number of aromatic nitrogens is 1. The number of rotatable bonds is 4. The van der Waals surface area contributed by atoms with Crippen LogP contribution in [0.25, 0.3) is 0 Å². The first-order chi connectivity index (χ1) is 8.83. The van der Waals surface area contributed by atoms with E-state index in [1.165, 1.54) is 0 Å². The first-order valence-electron chi connectivity index (χ1n) is 6.22. The number of pyridine rings is 1. The first kappa shape index (κ1) is 13.0. The zero-order chi connectivity index (χ0) is 12.8. The molecule has 1 aromatic rings. The quantitative estimate of drug-likeness (QED) is 0.848. The smallest absolute Gasteiger partial charge is 0.225 e. The van der Waals surface area contributed by atoms with Crippen LogP contribution >= 0.6 is 0 Å². The van der Waals surface area contributed by atoms with Crippen molar-refractivity contribution in [3.63, 3.8) is 0 Å². The Morgan fingerprint density at radius 3 is 3.28 bits per heavy atom. The molecule has 1 saturated heterocycles. The molecule has 1 aromatic heterocycles. The third-order valence-corrected chi connectivity index (χ3v) is 3.15. The van der Waals surface area contributed by atoms with E-state index in [0.29, 0.717) is 13.0 Å². The molecular weight excluding hydrogens is 230 g/mol. The van der Waals surface area contributed by atoms with Crippen molar-refractivity contribution in [2.24, 2.45) is 0 Å². The van der Waals surface area contributed by atoms with Crippen LogP contribution in [0.1, 0.15) is 18.0 Å². The third-order valence-electron chi connectivity index (χ3n) is 3.15. The summed E-state index contributed by atoms with van der Waals surface area (Å²) in [5.74, 6) is 0.146. The van der Waals surface area contributed by atoms with Gasteiger partial charge in [0.15, 0.2) is 0 Å². The van der Waals surface area contributed by atoms with Gasteiger partial charge in [-0.15, -0.1) is 0 Å². The molecule has 1 atom stereocenters. The molecule has 1 N–H and O–H groups in total. The van der Waals surface area contributed by atoms with Crippen molar-refractivity contribution in [3.05, 3.63) is 30.1 Å². The summed E-state index contributed by atoms with van der Waals surface area (Å²) in [4.78, 5) is 18.2. The number of hydrogen-bond acceptors (Lipinski definition) is 4. The number of carbonyl (C=O) groups excluding carboxylic acids is 1. The number of hydrogen-bond donors (Lipinski definition) is 1. The number of piperazine rings is 1. The molecule has 1 unspecified atom stereocenters. The van der Waals surface area contributed by atoms with Gasteiger partial charge in [0.25, 0.3) is 0 Å². The summed E-state index contributed by atoms with van der Waals surface area (Å²) < 4.78 is 4.97. The minimum atomic E-state index is 0.0804. The Bertz CT molecular complexity index is 383. The maximum atomic E-state index is 12.1. The minimum absolute atomic E-state index is 0.0804. The van der Waals surface area contributed by atoms with E-state index in [1.807, 2.05) is 23.2 Å². The number of nitrogens with zero attached hydrogens (tertiary/aromatic N) is 2. The molecule has 5 nitrogen and oxygen atoms in total. The number of carbonyl (C=O) groups is 1. The monoisotopic (exact) mass is 249 g/mol. The molecule has 1 aliphatic heterocycles. The van der Waals surface area contributed by atoms with E-state index in [4.69, 9.17) is 4.74 Å². The fourth-order valence-corrected chi connectivity index (χ4v) is 2.21. The van der Waals surface area contributed by atoms with Crippen LogP contribution in [0.3, 0.4) is 0 Å². The Balaban J connectivity index is 2.09. The lowest BCUT2D eigenvalue weighted by molar-refractivity contribution is -0.135. The van der Waals surface area contributed by atoms with Gasteiger partial charge in [0.05, 0.1) is 19.1 Å². The first-order valence-corrected chi connectivity index (χ1v) is 6.22. The summed E-state index contributed by atoms with van der Waals surface area (Å²) in [6, 6.07) is 4.00. The van der Waals surface area contributed by atoms with Gasteiger partial charge in [-0.05, 0) is 11.6 Å². The Morgan fingerprint density at radius 2 is 2.56 bits per heavy atom. The zero-order valence-corrected chi connectivity index (χ0v) is 10.6. The predicted octanol–water partition coefficient (Wildman–Crippen LogP) is 0.591. The van der Waals surface area contributed by atoms with Crippen molar-refractivity contribution in [1.29, 1.82) is 0 Å². The third kappa shape index (κ3) is 3.05. The van der Waals surface area contributed by atoms with Gasteiger partial charge in [0.2, 0.25) is 5.91 Å². The molecule has 98 valence electrons. The van der Waals surface area contributed by atoms with E-state index < -0.39 is 0 Å². The lowest BCUT2D eigenvalue weighted by Gasteiger charge is -2.36. The van der Waals surface area contributed by atoms with Crippen LogP contribution in [0, 0.1) is 0 Å². The summed E-state index contributed by atoms with van der Waals surface area (Å²) in [5.41, 5.74) is 1.08. The molecule has 18 heavy (non-hydrogen) atoms. The molecule has 0 bridgehead atoms. The van der Waals surface area contributed by atoms with Crippen molar-refractivity contribution in [2.75, 3.05) is 33.4 Å². The van der Waals surface area contributed by atoms with E-state index in [1.54, 1.807) is 13.3 Å². The summed E-state index contributed by atoms with van der Waals surface area (Å²) in [6.45, 7) is 2.84. The normalized spacial score (nSPS) is 19.8. The zero-order valence-electron chi connectivity index (χ0n) is 10.6. The van der Waals surface area contributed by atoms with Crippen molar-refractivity contribution in [1.82, 2.24) is 15.2 Å². The maximum Gasteiger partial charge on any atom is 0.225 e. The maximum absolute atomic E-state index is 12.1. The summed E-state index contributed by atoms with van der Waals surface area (Å²) in [6.07, 6.45) is 4.01. The van der Waals surface area contributed by atoms with Crippen LogP contribution < -0.4 is 5.32 Å². The van der Waals surface area contributed by atoms with Crippen LogP contribution in [-0.2, 0) is 9.53 Å². The van der Waals surface area contributed by atoms with Crippen LogP contribution in [0.2, 0.25) is 0 Å². The standard InChI is InChI=1S/C13H19N3O2/c1-18-8-4-13(17)16-7-6-15-10-12(16)11-3-2-5-14-9-11/h2-3,5,9,12,15H,4,6-8,10H2,1H3. The van der Waals surface area contributed by atoms with E-state index in [0.717, 1.165) is 25.2 Å². The van der Waals surface area contributed by atoms with Crippen LogP contribution in [0.15, 0.2) is 24.5 Å². The second-order valence-electron chi connectivity index (χ2n) is 4.34. The largest absolute Gasteiger partial charge is 0.384 e. The summed E-state index contributed by atoms with van der Waals surface area (Å²) in [7, 11) is 1.61. The van der Waals surface area contributed by atoms with Crippen LogP contribution in [-0.4, -0.2) is 49.1 Å². The fourth-order valence-electron chi connectivity index (χ4n) is 2.21. The van der Waals surface area contributed by atoms with Crippen molar-refractivity contribution in [2.45, 2.75) is 12.5 Å². The fraction of sp³-hybridized carbons (Fsp3) is 0.538. The molecule has 5 heteroatoms. The van der Waals surface area contributed by atoms with Gasteiger partial charge >= 0.3 is 0 Å². The molecule has 0 spiro atoms. The van der Waals surface area contributed by atoms with E-state index in [9.17, 15) is 4.79 Å². The Morgan fingerprint density at radius 1 is 1.67 bits per heavy atom. The Kier molecular flexibility index (Phi) is 4.66. The molecule has 2 rings (SSSR count). The molecule has 0 saturated carbocycles. The minimum Gasteiger partial charge on any atom is -0.384 e. The van der Waals surface area contributed by atoms with Gasteiger partial charge in [-0.2, -0.15) is 0 Å². The van der Waals surface area contributed by atoms with Gasteiger partial charge in [-0.25, -0.2) is 0 Å². The molecule has 0 aliphatic carbocycles. The number of nitrogens with one attached hydrogen (secondary N) is 1. The highest BCUT2D eigenvalue weighted by molar-refractivity contribution is 5.77. The number of methoxy groups -OCH3 is 1. The second kappa shape index (κ2) is 6.47. The second-order valence-corrected chi connectivity index (χ2v) is 4.34. The van der Waals surface area contributed by atoms with Gasteiger partial charge in [0.1, 0.15) is 0 Å². The predicted molar refractivity (Wildman–Crippen MR) is 68.1 cm³/mol. The summed E-state index contributed by atoms with van der Waals surface area (Å²) >= 11 is 0. The van der Waals surface area contributed by atoms with Crippen LogP contribution in [0.4, 0.5) is 0 Å². The van der Waals surface area contributed by atoms with E-state index in [-0.39, 0.29) is 11.9 Å². The Hall–Kier alpha value is -1.46. The topological polar surface area (TPSA) is 54.5 Å². The molecule has 1 fully saturated rings. The van der Waals surface area contributed by atoms with Gasteiger partial charge in [-0.1, -0.05) is 6.07 Å². The molecule has 2 heterocycles. The van der Waals surface area contributed by atoms with Gasteiger partial charge < -0.3 is 15.0 Å². The molecular formula is C13H19N3O2. The SMILES string of the molecule is COCCC(=O)N1CCNCC1c1cccnc1. The average molecular weight is 249 g/mol. The Labute approximate surface area is 107 Å².